The van der Waals surface area contributed by atoms with Gasteiger partial charge in [0.05, 0.1) is 17.3 Å². The SMILES string of the molecule is COc1cc(CNCCCSc2nnnn2-c2ccccc2)cc(Br)c1OCc1ccc(F)cc1.Cl. The maximum atomic E-state index is 13.1. The minimum Gasteiger partial charge on any atom is -0.493 e. The van der Waals surface area contributed by atoms with E-state index >= 15 is 0 Å². The number of nitrogens with zero attached hydrogens (tertiary/aromatic N) is 4. The van der Waals surface area contributed by atoms with Gasteiger partial charge in [0.15, 0.2) is 11.5 Å². The average Bonchev–Trinajstić information content (AvgIpc) is 3.35. The van der Waals surface area contributed by atoms with E-state index in [0.717, 1.165) is 45.2 Å². The number of halogens is 3. The molecule has 0 aliphatic rings. The fourth-order valence-corrected chi connectivity index (χ4v) is 4.78. The third-order valence-electron chi connectivity index (χ3n) is 5.09. The molecule has 0 radical (unpaired) electrons. The standard InChI is InChI=1S/C25H25BrFN5O2S.ClH/c1-33-23-15-19(14-22(26)24(23)34-17-18-8-10-20(27)11-9-18)16-28-12-5-13-35-25-29-30-31-32(25)21-6-3-2-4-7-21;/h2-4,6-11,14-15,28H,5,12-13,16-17H2,1H3;1H. The van der Waals surface area contributed by atoms with Crippen LogP contribution in [0, 0.1) is 5.82 Å². The van der Waals surface area contributed by atoms with E-state index in [9.17, 15) is 4.39 Å². The quantitative estimate of drug-likeness (QED) is 0.163. The van der Waals surface area contributed by atoms with Crippen LogP contribution in [-0.4, -0.2) is 39.6 Å². The average molecular weight is 595 g/mol. The van der Waals surface area contributed by atoms with Crippen molar-refractivity contribution in [3.05, 3.63) is 88.1 Å². The summed E-state index contributed by atoms with van der Waals surface area (Å²) in [4.78, 5) is 0. The fourth-order valence-electron chi connectivity index (χ4n) is 3.35. The number of hydrogen-bond donors (Lipinski definition) is 1. The van der Waals surface area contributed by atoms with Crippen molar-refractivity contribution in [2.45, 2.75) is 24.7 Å². The van der Waals surface area contributed by atoms with Gasteiger partial charge in [-0.3, -0.25) is 0 Å². The van der Waals surface area contributed by atoms with Crippen LogP contribution in [0.5, 0.6) is 11.5 Å². The molecule has 7 nitrogen and oxygen atoms in total. The molecule has 0 aliphatic carbocycles. The minimum atomic E-state index is -0.268. The van der Waals surface area contributed by atoms with E-state index in [0.29, 0.717) is 24.7 Å². The summed E-state index contributed by atoms with van der Waals surface area (Å²) >= 11 is 5.22. The van der Waals surface area contributed by atoms with Gasteiger partial charge in [-0.2, -0.15) is 4.68 Å². The van der Waals surface area contributed by atoms with Gasteiger partial charge in [-0.05, 0) is 86.8 Å². The van der Waals surface area contributed by atoms with Gasteiger partial charge in [0.2, 0.25) is 5.16 Å². The zero-order valence-electron chi connectivity index (χ0n) is 19.6. The molecule has 0 fully saturated rings. The van der Waals surface area contributed by atoms with E-state index in [4.69, 9.17) is 9.47 Å². The van der Waals surface area contributed by atoms with Crippen LogP contribution in [0.3, 0.4) is 0 Å². The summed E-state index contributed by atoms with van der Waals surface area (Å²) in [5, 5.41) is 16.3. The normalized spacial score (nSPS) is 10.6. The molecule has 1 N–H and O–H groups in total. The Morgan fingerprint density at radius 2 is 1.83 bits per heavy atom. The summed E-state index contributed by atoms with van der Waals surface area (Å²) in [7, 11) is 1.62. The first-order chi connectivity index (χ1) is 17.1. The molecule has 3 aromatic carbocycles. The summed E-state index contributed by atoms with van der Waals surface area (Å²) in [6.07, 6.45) is 0.962. The van der Waals surface area contributed by atoms with Gasteiger partial charge >= 0.3 is 0 Å². The van der Waals surface area contributed by atoms with Gasteiger partial charge in [-0.1, -0.05) is 42.1 Å². The van der Waals surface area contributed by atoms with Crippen LogP contribution in [0.15, 0.2) is 76.4 Å². The lowest BCUT2D eigenvalue weighted by molar-refractivity contribution is 0.282. The number of para-hydroxylation sites is 1. The van der Waals surface area contributed by atoms with Crippen LogP contribution < -0.4 is 14.8 Å². The first kappa shape index (κ1) is 27.9. The second kappa shape index (κ2) is 14.2. The maximum Gasteiger partial charge on any atom is 0.214 e. The number of nitrogens with one attached hydrogen (secondary N) is 1. The number of ether oxygens (including phenoxy) is 2. The second-order valence-electron chi connectivity index (χ2n) is 7.61. The van der Waals surface area contributed by atoms with E-state index in [-0.39, 0.29) is 18.2 Å². The Hall–Kier alpha value is -2.66. The molecule has 0 saturated heterocycles. The Labute approximate surface area is 228 Å². The highest BCUT2D eigenvalue weighted by Crippen LogP contribution is 2.37. The first-order valence-corrected chi connectivity index (χ1v) is 12.8. The summed E-state index contributed by atoms with van der Waals surface area (Å²) in [6.45, 7) is 1.86. The van der Waals surface area contributed by atoms with Crippen molar-refractivity contribution in [3.63, 3.8) is 0 Å². The van der Waals surface area contributed by atoms with Crippen LogP contribution in [0.2, 0.25) is 0 Å². The van der Waals surface area contributed by atoms with Gasteiger partial charge in [-0.15, -0.1) is 17.5 Å². The molecule has 4 rings (SSSR count). The predicted molar refractivity (Wildman–Crippen MR) is 145 cm³/mol. The summed E-state index contributed by atoms with van der Waals surface area (Å²) in [5.41, 5.74) is 2.90. The fraction of sp³-hybridized carbons (Fsp3) is 0.240. The van der Waals surface area contributed by atoms with Crippen molar-refractivity contribution in [2.75, 3.05) is 19.4 Å². The highest BCUT2D eigenvalue weighted by Gasteiger charge is 2.12. The molecule has 36 heavy (non-hydrogen) atoms. The molecule has 1 aromatic heterocycles. The summed E-state index contributed by atoms with van der Waals surface area (Å²) < 4.78 is 27.1. The van der Waals surface area contributed by atoms with Gasteiger partial charge in [0, 0.05) is 12.3 Å². The van der Waals surface area contributed by atoms with Crippen LogP contribution in [0.4, 0.5) is 4.39 Å². The van der Waals surface area contributed by atoms with Crippen LogP contribution in [-0.2, 0) is 13.2 Å². The molecule has 11 heteroatoms. The molecule has 0 bridgehead atoms. The highest BCUT2D eigenvalue weighted by atomic mass is 79.9. The smallest absolute Gasteiger partial charge is 0.214 e. The number of rotatable bonds is 12. The van der Waals surface area contributed by atoms with E-state index in [1.54, 1.807) is 35.7 Å². The molecule has 0 atom stereocenters. The molecule has 0 spiro atoms. The molecule has 0 aliphatic heterocycles. The lowest BCUT2D eigenvalue weighted by Crippen LogP contribution is -2.15. The lowest BCUT2D eigenvalue weighted by Gasteiger charge is -2.15. The van der Waals surface area contributed by atoms with Crippen molar-refractivity contribution in [3.8, 4) is 17.2 Å². The van der Waals surface area contributed by atoms with Crippen molar-refractivity contribution in [1.82, 2.24) is 25.5 Å². The Morgan fingerprint density at radius 1 is 1.06 bits per heavy atom. The summed E-state index contributed by atoms with van der Waals surface area (Å²) in [6, 6.07) is 20.1. The van der Waals surface area contributed by atoms with Crippen molar-refractivity contribution in [2.24, 2.45) is 0 Å². The number of methoxy groups -OCH3 is 1. The van der Waals surface area contributed by atoms with E-state index in [2.05, 4.69) is 36.8 Å². The number of aromatic nitrogens is 4. The molecule has 190 valence electrons. The van der Waals surface area contributed by atoms with Gasteiger partial charge in [0.25, 0.3) is 0 Å². The van der Waals surface area contributed by atoms with Gasteiger partial charge < -0.3 is 14.8 Å². The van der Waals surface area contributed by atoms with E-state index < -0.39 is 0 Å². The topological polar surface area (TPSA) is 74.1 Å². The van der Waals surface area contributed by atoms with E-state index in [1.807, 2.05) is 42.5 Å². The zero-order chi connectivity index (χ0) is 24.5. The van der Waals surface area contributed by atoms with Gasteiger partial charge in [-0.25, -0.2) is 4.39 Å². The summed E-state index contributed by atoms with van der Waals surface area (Å²) in [5.74, 6) is 1.88. The predicted octanol–water partition coefficient (Wildman–Crippen LogP) is 5.85. The van der Waals surface area contributed by atoms with Crippen molar-refractivity contribution in [1.29, 1.82) is 0 Å². The van der Waals surface area contributed by atoms with Crippen LogP contribution in [0.1, 0.15) is 17.5 Å². The second-order valence-corrected chi connectivity index (χ2v) is 9.53. The molecule has 4 aromatic rings. The number of hydrogen-bond acceptors (Lipinski definition) is 7. The zero-order valence-corrected chi connectivity index (χ0v) is 22.8. The molecular weight excluding hydrogens is 569 g/mol. The Kier molecular flexibility index (Phi) is 11.0. The molecule has 0 unspecified atom stereocenters. The third-order valence-corrected chi connectivity index (χ3v) is 6.68. The molecule has 0 amide bonds. The van der Waals surface area contributed by atoms with Crippen LogP contribution in [0.25, 0.3) is 5.69 Å². The monoisotopic (exact) mass is 593 g/mol. The maximum absolute atomic E-state index is 13.1. The lowest BCUT2D eigenvalue weighted by atomic mass is 10.2. The molecular formula is C25H26BrClFN5O2S. The van der Waals surface area contributed by atoms with Gasteiger partial charge in [0.1, 0.15) is 12.4 Å². The molecule has 0 saturated carbocycles. The van der Waals surface area contributed by atoms with Crippen LogP contribution >= 0.6 is 40.1 Å². The Morgan fingerprint density at radius 3 is 2.58 bits per heavy atom. The number of benzene rings is 3. The Bertz CT molecular complexity index is 1230. The van der Waals surface area contributed by atoms with Crippen molar-refractivity contribution < 1.29 is 13.9 Å². The third kappa shape index (κ3) is 7.67. The van der Waals surface area contributed by atoms with E-state index in [1.165, 1.54) is 12.1 Å². The Balaban J connectivity index is 0.00000361. The minimum absolute atomic E-state index is 0. The number of thioether (sulfide) groups is 1. The first-order valence-electron chi connectivity index (χ1n) is 11.0. The molecule has 1 heterocycles. The highest BCUT2D eigenvalue weighted by molar-refractivity contribution is 9.10. The largest absolute Gasteiger partial charge is 0.493 e. The van der Waals surface area contributed by atoms with Crippen molar-refractivity contribution >= 4 is 40.1 Å². The number of tetrazole rings is 1.